The summed E-state index contributed by atoms with van der Waals surface area (Å²) in [6.07, 6.45) is 0. The highest BCUT2D eigenvalue weighted by Crippen LogP contribution is 2.16. The van der Waals surface area contributed by atoms with Gasteiger partial charge in [-0.15, -0.1) is 0 Å². The second-order valence-corrected chi connectivity index (χ2v) is 5.56. The molecule has 0 unspecified atom stereocenters. The molecule has 0 spiro atoms. The molecule has 0 fully saturated rings. The quantitative estimate of drug-likeness (QED) is 0.597. The molecule has 3 aromatic rings. The Kier molecular flexibility index (Phi) is 3.89. The molecule has 0 aliphatic rings. The topological polar surface area (TPSA) is 89.8 Å². The zero-order valence-electron chi connectivity index (χ0n) is 12.9. The average molecular weight is 310 g/mol. The fourth-order valence-corrected chi connectivity index (χ4v) is 2.41. The second kappa shape index (κ2) is 6.00. The maximum absolute atomic E-state index is 12.3. The van der Waals surface area contributed by atoms with Gasteiger partial charge < -0.3 is 20.6 Å². The number of rotatable bonds is 4. The molecule has 4 N–H and O–H groups in total. The lowest BCUT2D eigenvalue weighted by Gasteiger charge is -2.15. The van der Waals surface area contributed by atoms with Gasteiger partial charge in [0.05, 0.1) is 11.0 Å². The number of aromatic amines is 2. The number of imidazole rings is 1. The molecule has 0 radical (unpaired) electrons. The van der Waals surface area contributed by atoms with Crippen LogP contribution in [0.1, 0.15) is 12.5 Å². The van der Waals surface area contributed by atoms with E-state index in [1.54, 1.807) is 25.1 Å². The van der Waals surface area contributed by atoms with E-state index in [1.807, 2.05) is 31.2 Å². The van der Waals surface area contributed by atoms with Crippen molar-refractivity contribution in [2.45, 2.75) is 19.9 Å². The van der Waals surface area contributed by atoms with Crippen LogP contribution < -0.4 is 16.3 Å². The first kappa shape index (κ1) is 14.9. The van der Waals surface area contributed by atoms with Gasteiger partial charge in [0.15, 0.2) is 0 Å². The smallest absolute Gasteiger partial charge is 0.323 e. The maximum atomic E-state index is 12.3. The summed E-state index contributed by atoms with van der Waals surface area (Å²) in [5.41, 5.74) is 3.77. The molecule has 2 aromatic carbocycles. The van der Waals surface area contributed by atoms with E-state index in [0.717, 1.165) is 11.3 Å². The van der Waals surface area contributed by atoms with Gasteiger partial charge in [-0.25, -0.2) is 4.79 Å². The number of carbonyl (C=O) groups excluding carboxylic acids is 1. The minimum Gasteiger partial charge on any atom is -0.374 e. The Morgan fingerprint density at radius 1 is 1.04 bits per heavy atom. The SMILES string of the molecule is Cc1cccc(N[C@H](C)C(=O)Nc2ccc3[nH]c(=O)[nH]c3c2)c1. The van der Waals surface area contributed by atoms with Crippen molar-refractivity contribution in [3.05, 3.63) is 58.5 Å². The van der Waals surface area contributed by atoms with Crippen LogP contribution in [0.2, 0.25) is 0 Å². The van der Waals surface area contributed by atoms with E-state index in [-0.39, 0.29) is 11.6 Å². The lowest BCUT2D eigenvalue weighted by atomic mass is 10.2. The molecule has 1 atom stereocenters. The van der Waals surface area contributed by atoms with Gasteiger partial charge in [0, 0.05) is 11.4 Å². The second-order valence-electron chi connectivity index (χ2n) is 5.56. The summed E-state index contributed by atoms with van der Waals surface area (Å²) in [6, 6.07) is 12.7. The van der Waals surface area contributed by atoms with Crippen molar-refractivity contribution in [3.63, 3.8) is 0 Å². The summed E-state index contributed by atoms with van der Waals surface area (Å²) in [5.74, 6) is -0.149. The van der Waals surface area contributed by atoms with Crippen LogP contribution in [0.3, 0.4) is 0 Å². The summed E-state index contributed by atoms with van der Waals surface area (Å²) in [7, 11) is 0. The highest BCUT2D eigenvalue weighted by Gasteiger charge is 2.13. The summed E-state index contributed by atoms with van der Waals surface area (Å²) in [4.78, 5) is 28.9. The van der Waals surface area contributed by atoms with E-state index in [4.69, 9.17) is 0 Å². The molecule has 1 aromatic heterocycles. The minimum absolute atomic E-state index is 0.149. The van der Waals surface area contributed by atoms with Gasteiger partial charge in [-0.1, -0.05) is 12.1 Å². The van der Waals surface area contributed by atoms with E-state index in [2.05, 4.69) is 20.6 Å². The molecule has 118 valence electrons. The molecule has 6 heteroatoms. The summed E-state index contributed by atoms with van der Waals surface area (Å²) in [6.45, 7) is 3.80. The molecule has 1 heterocycles. The van der Waals surface area contributed by atoms with Crippen LogP contribution >= 0.6 is 0 Å². The number of aryl methyl sites for hydroxylation is 1. The Morgan fingerprint density at radius 3 is 2.61 bits per heavy atom. The maximum Gasteiger partial charge on any atom is 0.323 e. The number of carbonyl (C=O) groups is 1. The van der Waals surface area contributed by atoms with Gasteiger partial charge in [-0.3, -0.25) is 4.79 Å². The van der Waals surface area contributed by atoms with Gasteiger partial charge in [0.25, 0.3) is 0 Å². The number of aromatic nitrogens is 2. The van der Waals surface area contributed by atoms with Crippen LogP contribution in [0.5, 0.6) is 0 Å². The molecule has 3 rings (SSSR count). The van der Waals surface area contributed by atoms with Crippen molar-refractivity contribution in [3.8, 4) is 0 Å². The number of benzene rings is 2. The van der Waals surface area contributed by atoms with Crippen LogP contribution in [0, 0.1) is 6.92 Å². The third-order valence-corrected chi connectivity index (χ3v) is 3.58. The fourth-order valence-electron chi connectivity index (χ4n) is 2.41. The fraction of sp³-hybridized carbons (Fsp3) is 0.176. The van der Waals surface area contributed by atoms with Gasteiger partial charge in [-0.05, 0) is 49.7 Å². The number of hydrogen-bond donors (Lipinski definition) is 4. The Labute approximate surface area is 132 Å². The van der Waals surface area contributed by atoms with Crippen molar-refractivity contribution in [1.29, 1.82) is 0 Å². The number of hydrogen-bond acceptors (Lipinski definition) is 3. The number of H-pyrrole nitrogens is 2. The molecular formula is C17H18N4O2. The average Bonchev–Trinajstić information content (AvgIpc) is 2.86. The van der Waals surface area contributed by atoms with Crippen LogP contribution in [-0.4, -0.2) is 21.9 Å². The monoisotopic (exact) mass is 310 g/mol. The molecule has 1 amide bonds. The van der Waals surface area contributed by atoms with Gasteiger partial charge in [0.1, 0.15) is 6.04 Å². The van der Waals surface area contributed by atoms with Crippen LogP contribution in [0.15, 0.2) is 47.3 Å². The highest BCUT2D eigenvalue weighted by atomic mass is 16.2. The van der Waals surface area contributed by atoms with Crippen LogP contribution in [0.25, 0.3) is 11.0 Å². The Balaban J connectivity index is 1.70. The third kappa shape index (κ3) is 3.42. The highest BCUT2D eigenvalue weighted by molar-refractivity contribution is 5.97. The van der Waals surface area contributed by atoms with E-state index in [0.29, 0.717) is 16.7 Å². The zero-order chi connectivity index (χ0) is 16.4. The first-order valence-electron chi connectivity index (χ1n) is 7.37. The molecule has 6 nitrogen and oxygen atoms in total. The number of fused-ring (bicyclic) bond motifs is 1. The minimum atomic E-state index is -0.391. The van der Waals surface area contributed by atoms with Crippen molar-refractivity contribution >= 4 is 28.3 Å². The third-order valence-electron chi connectivity index (χ3n) is 3.58. The lowest BCUT2D eigenvalue weighted by molar-refractivity contribution is -0.116. The number of anilines is 2. The summed E-state index contributed by atoms with van der Waals surface area (Å²) >= 11 is 0. The normalized spacial score (nSPS) is 12.1. The largest absolute Gasteiger partial charge is 0.374 e. The molecule has 23 heavy (non-hydrogen) atoms. The van der Waals surface area contributed by atoms with Crippen molar-refractivity contribution in [2.24, 2.45) is 0 Å². The Morgan fingerprint density at radius 2 is 1.83 bits per heavy atom. The molecular weight excluding hydrogens is 292 g/mol. The van der Waals surface area contributed by atoms with E-state index < -0.39 is 6.04 Å². The summed E-state index contributed by atoms with van der Waals surface area (Å²) in [5, 5.41) is 6.01. The summed E-state index contributed by atoms with van der Waals surface area (Å²) < 4.78 is 0. The predicted molar refractivity (Wildman–Crippen MR) is 91.8 cm³/mol. The molecule has 0 bridgehead atoms. The molecule has 0 aliphatic heterocycles. The molecule has 0 aliphatic carbocycles. The van der Waals surface area contributed by atoms with Crippen LogP contribution in [-0.2, 0) is 4.79 Å². The van der Waals surface area contributed by atoms with Crippen molar-refractivity contribution in [1.82, 2.24) is 9.97 Å². The Bertz CT molecular complexity index is 910. The first-order chi connectivity index (χ1) is 11.0. The standard InChI is InChI=1S/C17H18N4O2/c1-10-4-3-5-12(8-10)18-11(2)16(22)19-13-6-7-14-15(9-13)21-17(23)20-14/h3-9,11,18H,1-2H3,(H,19,22)(H2,20,21,23)/t11-/m1/s1. The van der Waals surface area contributed by atoms with E-state index in [1.165, 1.54) is 0 Å². The van der Waals surface area contributed by atoms with Crippen molar-refractivity contribution < 1.29 is 4.79 Å². The lowest BCUT2D eigenvalue weighted by Crippen LogP contribution is -2.31. The first-order valence-corrected chi connectivity index (χ1v) is 7.37. The zero-order valence-corrected chi connectivity index (χ0v) is 12.9. The number of amides is 1. The van der Waals surface area contributed by atoms with E-state index >= 15 is 0 Å². The van der Waals surface area contributed by atoms with Crippen molar-refractivity contribution in [2.75, 3.05) is 10.6 Å². The van der Waals surface area contributed by atoms with Crippen LogP contribution in [0.4, 0.5) is 11.4 Å². The Hall–Kier alpha value is -3.02. The molecule has 0 saturated carbocycles. The molecule has 0 saturated heterocycles. The predicted octanol–water partition coefficient (Wildman–Crippen LogP) is 2.60. The van der Waals surface area contributed by atoms with Gasteiger partial charge in [0.2, 0.25) is 5.91 Å². The number of nitrogens with one attached hydrogen (secondary N) is 4. The van der Waals surface area contributed by atoms with Gasteiger partial charge >= 0.3 is 5.69 Å². The van der Waals surface area contributed by atoms with E-state index in [9.17, 15) is 9.59 Å². The van der Waals surface area contributed by atoms with Gasteiger partial charge in [-0.2, -0.15) is 0 Å².